The molecule has 11 heteroatoms. The second-order valence-corrected chi connectivity index (χ2v) is 7.39. The fourth-order valence-corrected chi connectivity index (χ4v) is 3.27. The molecule has 0 atom stereocenters. The highest BCUT2D eigenvalue weighted by Crippen LogP contribution is 2.11. The van der Waals surface area contributed by atoms with Crippen molar-refractivity contribution < 1.29 is 9.18 Å². The third-order valence-corrected chi connectivity index (χ3v) is 5.02. The van der Waals surface area contributed by atoms with Crippen molar-refractivity contribution in [3.05, 3.63) is 81.6 Å². The highest BCUT2D eigenvalue weighted by Gasteiger charge is 2.13. The number of aromatic nitrogens is 5. The zero-order chi connectivity index (χ0) is 22.5. The van der Waals surface area contributed by atoms with Gasteiger partial charge in [0.15, 0.2) is 5.82 Å². The third kappa shape index (κ3) is 5.09. The van der Waals surface area contributed by atoms with Gasteiger partial charge >= 0.3 is 0 Å². The zero-order valence-electron chi connectivity index (χ0n) is 16.8. The van der Waals surface area contributed by atoms with Gasteiger partial charge in [0.25, 0.3) is 5.56 Å². The zero-order valence-corrected chi connectivity index (χ0v) is 17.6. The molecule has 0 unspecified atom stereocenters. The SMILES string of the molecule is O=C(Cn1c(Cl)cnc(NCCc2ccc(F)cn2)c1=O)NCc1cnc2[nH]ccc2c1. The Kier molecular flexibility index (Phi) is 6.41. The predicted molar refractivity (Wildman–Crippen MR) is 118 cm³/mol. The standard InChI is InChI=1S/C21H19ClFN7O2/c22-17-11-29-20(25-6-4-16-2-1-15(23)10-26-16)21(32)30(17)12-18(31)27-8-13-7-14-3-5-24-19(14)28-9-13/h1-3,5,7,9-11H,4,6,8,12H2,(H,24,28)(H,25,29)(H,27,31). The number of aromatic amines is 1. The Bertz CT molecular complexity index is 1300. The lowest BCUT2D eigenvalue weighted by atomic mass is 10.2. The third-order valence-electron chi connectivity index (χ3n) is 4.72. The molecular weight excluding hydrogens is 437 g/mol. The van der Waals surface area contributed by atoms with Crippen LogP contribution in [0, 0.1) is 5.82 Å². The first-order chi connectivity index (χ1) is 15.5. The quantitative estimate of drug-likeness (QED) is 0.375. The first-order valence-corrected chi connectivity index (χ1v) is 10.2. The molecule has 4 heterocycles. The number of anilines is 1. The smallest absolute Gasteiger partial charge is 0.294 e. The molecule has 3 N–H and O–H groups in total. The topological polar surface area (TPSA) is 118 Å². The first-order valence-electron chi connectivity index (χ1n) is 9.78. The number of halogens is 2. The van der Waals surface area contributed by atoms with Crippen LogP contribution >= 0.6 is 11.6 Å². The normalized spacial score (nSPS) is 10.9. The van der Waals surface area contributed by atoms with Crippen LogP contribution < -0.4 is 16.2 Å². The number of hydrogen-bond donors (Lipinski definition) is 3. The van der Waals surface area contributed by atoms with Crippen LogP contribution in [0.3, 0.4) is 0 Å². The molecule has 0 aliphatic rings. The van der Waals surface area contributed by atoms with Gasteiger partial charge in [0, 0.05) is 43.0 Å². The van der Waals surface area contributed by atoms with Gasteiger partial charge in [0.05, 0.1) is 12.4 Å². The van der Waals surface area contributed by atoms with Crippen LogP contribution in [0.25, 0.3) is 11.0 Å². The van der Waals surface area contributed by atoms with Crippen LogP contribution in [0.5, 0.6) is 0 Å². The van der Waals surface area contributed by atoms with Crippen molar-refractivity contribution in [2.75, 3.05) is 11.9 Å². The molecule has 4 aromatic heterocycles. The molecule has 0 radical (unpaired) electrons. The van der Waals surface area contributed by atoms with Crippen molar-refractivity contribution in [1.82, 2.24) is 29.8 Å². The van der Waals surface area contributed by atoms with E-state index in [0.717, 1.165) is 27.4 Å². The maximum atomic E-state index is 12.9. The molecule has 4 rings (SSSR count). The van der Waals surface area contributed by atoms with Crippen LogP contribution in [-0.2, 0) is 24.3 Å². The highest BCUT2D eigenvalue weighted by atomic mass is 35.5. The summed E-state index contributed by atoms with van der Waals surface area (Å²) in [7, 11) is 0. The molecule has 0 bridgehead atoms. The molecule has 0 aliphatic heterocycles. The minimum atomic E-state index is -0.518. The second-order valence-electron chi connectivity index (χ2n) is 7.00. The second kappa shape index (κ2) is 9.56. The molecule has 0 saturated carbocycles. The first kappa shape index (κ1) is 21.4. The number of H-pyrrole nitrogens is 1. The van der Waals surface area contributed by atoms with Crippen LogP contribution in [0.15, 0.2) is 53.8 Å². The molecule has 0 saturated heterocycles. The van der Waals surface area contributed by atoms with Crippen molar-refractivity contribution in [2.24, 2.45) is 0 Å². The van der Waals surface area contributed by atoms with E-state index >= 15 is 0 Å². The van der Waals surface area contributed by atoms with Gasteiger partial charge in [-0.25, -0.2) is 14.4 Å². The molecular formula is C21H19ClFN7O2. The summed E-state index contributed by atoms with van der Waals surface area (Å²) < 4.78 is 14.1. The Labute approximate surface area is 186 Å². The van der Waals surface area contributed by atoms with E-state index in [1.807, 2.05) is 12.1 Å². The minimum absolute atomic E-state index is 0.0475. The minimum Gasteiger partial charge on any atom is -0.365 e. The maximum Gasteiger partial charge on any atom is 0.294 e. The molecule has 0 aromatic carbocycles. The number of rotatable bonds is 8. The van der Waals surface area contributed by atoms with Gasteiger partial charge in [-0.2, -0.15) is 0 Å². The Balaban J connectivity index is 1.36. The number of amides is 1. The predicted octanol–water partition coefficient (Wildman–Crippen LogP) is 2.28. The van der Waals surface area contributed by atoms with Gasteiger partial charge in [0.1, 0.15) is 23.2 Å². The van der Waals surface area contributed by atoms with Gasteiger partial charge in [0.2, 0.25) is 5.91 Å². The lowest BCUT2D eigenvalue weighted by molar-refractivity contribution is -0.121. The Hall–Kier alpha value is -3.79. The maximum absolute atomic E-state index is 12.9. The van der Waals surface area contributed by atoms with E-state index in [9.17, 15) is 14.0 Å². The van der Waals surface area contributed by atoms with Crippen LogP contribution in [0.4, 0.5) is 10.2 Å². The van der Waals surface area contributed by atoms with E-state index in [0.29, 0.717) is 18.7 Å². The Morgan fingerprint density at radius 3 is 2.84 bits per heavy atom. The fourth-order valence-electron chi connectivity index (χ4n) is 3.08. The number of hydrogen-bond acceptors (Lipinski definition) is 6. The van der Waals surface area contributed by atoms with Crippen LogP contribution in [-0.4, -0.2) is 37.0 Å². The number of nitrogens with one attached hydrogen (secondary N) is 3. The number of carbonyl (C=O) groups excluding carboxylic acids is 1. The van der Waals surface area contributed by atoms with E-state index in [1.165, 1.54) is 12.3 Å². The van der Waals surface area contributed by atoms with Crippen LogP contribution in [0.1, 0.15) is 11.3 Å². The van der Waals surface area contributed by atoms with Gasteiger partial charge in [-0.1, -0.05) is 11.6 Å². The van der Waals surface area contributed by atoms with Crippen molar-refractivity contribution in [2.45, 2.75) is 19.5 Å². The summed E-state index contributed by atoms with van der Waals surface area (Å²) in [5, 5.41) is 6.66. The lowest BCUT2D eigenvalue weighted by Gasteiger charge is -2.11. The summed E-state index contributed by atoms with van der Waals surface area (Å²) in [6.07, 6.45) is 6.36. The van der Waals surface area contributed by atoms with E-state index in [2.05, 4.69) is 30.6 Å². The molecule has 0 fully saturated rings. The summed E-state index contributed by atoms with van der Waals surface area (Å²) in [5.41, 5.74) is 1.75. The van der Waals surface area contributed by atoms with Crippen molar-refractivity contribution in [1.29, 1.82) is 0 Å². The molecule has 1 amide bonds. The average molecular weight is 456 g/mol. The van der Waals surface area contributed by atoms with Gasteiger partial charge < -0.3 is 15.6 Å². The monoisotopic (exact) mass is 455 g/mol. The lowest BCUT2D eigenvalue weighted by Crippen LogP contribution is -2.34. The number of pyridine rings is 2. The van der Waals surface area contributed by atoms with E-state index in [1.54, 1.807) is 18.5 Å². The fraction of sp³-hybridized carbons (Fsp3) is 0.190. The summed E-state index contributed by atoms with van der Waals surface area (Å²) in [6, 6.07) is 6.70. The number of nitrogens with zero attached hydrogens (tertiary/aromatic N) is 4. The van der Waals surface area contributed by atoms with E-state index in [-0.39, 0.29) is 30.0 Å². The molecule has 9 nitrogen and oxygen atoms in total. The Morgan fingerprint density at radius 2 is 2.03 bits per heavy atom. The number of carbonyl (C=O) groups is 1. The highest BCUT2D eigenvalue weighted by molar-refractivity contribution is 6.29. The van der Waals surface area contributed by atoms with Gasteiger partial charge in [-0.3, -0.25) is 19.1 Å². The summed E-state index contributed by atoms with van der Waals surface area (Å²) in [4.78, 5) is 40.4. The molecule has 32 heavy (non-hydrogen) atoms. The molecule has 0 spiro atoms. The molecule has 164 valence electrons. The van der Waals surface area contributed by atoms with Gasteiger partial charge in [-0.05, 0) is 29.8 Å². The van der Waals surface area contributed by atoms with Crippen molar-refractivity contribution >= 4 is 34.4 Å². The van der Waals surface area contributed by atoms with Crippen molar-refractivity contribution in [3.8, 4) is 0 Å². The largest absolute Gasteiger partial charge is 0.365 e. The van der Waals surface area contributed by atoms with Crippen molar-refractivity contribution in [3.63, 3.8) is 0 Å². The summed E-state index contributed by atoms with van der Waals surface area (Å²) in [5.74, 6) is -0.731. The van der Waals surface area contributed by atoms with Crippen LogP contribution in [0.2, 0.25) is 5.15 Å². The molecule has 4 aromatic rings. The number of fused-ring (bicyclic) bond motifs is 1. The Morgan fingerprint density at radius 1 is 1.16 bits per heavy atom. The summed E-state index contributed by atoms with van der Waals surface area (Å²) >= 11 is 6.09. The average Bonchev–Trinajstić information content (AvgIpc) is 3.26. The van der Waals surface area contributed by atoms with E-state index in [4.69, 9.17) is 11.6 Å². The summed E-state index contributed by atoms with van der Waals surface area (Å²) in [6.45, 7) is 0.359. The van der Waals surface area contributed by atoms with Gasteiger partial charge in [-0.15, -0.1) is 0 Å². The van der Waals surface area contributed by atoms with E-state index < -0.39 is 11.4 Å². The molecule has 0 aliphatic carbocycles.